The number of aromatic amines is 1. The molecule has 1 aromatic rings. The van der Waals surface area contributed by atoms with E-state index in [4.69, 9.17) is 0 Å². The summed E-state index contributed by atoms with van der Waals surface area (Å²) in [4.78, 5) is 11.8. The highest BCUT2D eigenvalue weighted by atomic mass is 16.3. The average Bonchev–Trinajstić information content (AvgIpc) is 2.84. The first-order valence-corrected chi connectivity index (χ1v) is 6.30. The summed E-state index contributed by atoms with van der Waals surface area (Å²) in [5.41, 5.74) is 3.20. The van der Waals surface area contributed by atoms with E-state index in [1.54, 1.807) is 0 Å². The van der Waals surface area contributed by atoms with Crippen molar-refractivity contribution in [2.24, 2.45) is 0 Å². The molecule has 0 unspecified atom stereocenters. The van der Waals surface area contributed by atoms with E-state index < -0.39 is 0 Å². The lowest BCUT2D eigenvalue weighted by Gasteiger charge is -2.08. The molecule has 0 aromatic heterocycles. The molecule has 0 atom stereocenters. The second-order valence-corrected chi connectivity index (χ2v) is 4.87. The Morgan fingerprint density at radius 3 is 2.53 bits per heavy atom. The summed E-state index contributed by atoms with van der Waals surface area (Å²) in [5.74, 6) is 0.974. The van der Waals surface area contributed by atoms with Gasteiger partial charge in [-0.1, -0.05) is 44.2 Å². The van der Waals surface area contributed by atoms with Crippen molar-refractivity contribution in [1.82, 2.24) is 15.0 Å². The van der Waals surface area contributed by atoms with E-state index in [0.717, 1.165) is 22.8 Å². The Morgan fingerprint density at radius 1 is 1.11 bits per heavy atom. The summed E-state index contributed by atoms with van der Waals surface area (Å²) >= 11 is 0. The summed E-state index contributed by atoms with van der Waals surface area (Å²) in [6.07, 6.45) is 0. The standard InChI is InChI=1S/C15H15N3O/c1-9(2)14-17-12-8-11(10-6-4-3-5-7-10)16-13(12)15(19)18-14/h3-9,19H,1-2H3,(H,17,18). The number of H-pyrrole nitrogens is 1. The van der Waals surface area contributed by atoms with Gasteiger partial charge in [-0.25, -0.2) is 4.98 Å². The van der Waals surface area contributed by atoms with Crippen LogP contribution in [0.25, 0.3) is 22.6 Å². The van der Waals surface area contributed by atoms with E-state index in [9.17, 15) is 5.11 Å². The number of benzene rings is 1. The third kappa shape index (κ3) is 2.05. The van der Waals surface area contributed by atoms with Crippen LogP contribution in [0.3, 0.4) is 0 Å². The van der Waals surface area contributed by atoms with Crippen molar-refractivity contribution in [3.63, 3.8) is 0 Å². The second kappa shape index (κ2) is 4.39. The fraction of sp³-hybridized carbons (Fsp3) is 0.200. The molecule has 0 bridgehead atoms. The largest absolute Gasteiger partial charge is 0.492 e. The Morgan fingerprint density at radius 2 is 1.84 bits per heavy atom. The third-order valence-corrected chi connectivity index (χ3v) is 3.09. The molecule has 0 aliphatic carbocycles. The lowest BCUT2D eigenvalue weighted by Crippen LogP contribution is -1.99. The van der Waals surface area contributed by atoms with Crippen LogP contribution in [0, 0.1) is 0 Å². The number of nitrogens with one attached hydrogen (secondary N) is 1. The van der Waals surface area contributed by atoms with Gasteiger partial charge in [-0.3, -0.25) is 0 Å². The first-order chi connectivity index (χ1) is 9.15. The van der Waals surface area contributed by atoms with E-state index in [2.05, 4.69) is 15.0 Å². The van der Waals surface area contributed by atoms with Crippen molar-refractivity contribution >= 4 is 0 Å². The van der Waals surface area contributed by atoms with Crippen LogP contribution in [-0.4, -0.2) is 20.1 Å². The van der Waals surface area contributed by atoms with Crippen LogP contribution in [0.1, 0.15) is 25.6 Å². The zero-order chi connectivity index (χ0) is 13.4. The van der Waals surface area contributed by atoms with Gasteiger partial charge in [0.25, 0.3) is 0 Å². The van der Waals surface area contributed by atoms with E-state index >= 15 is 0 Å². The molecule has 2 aliphatic heterocycles. The molecule has 2 heterocycles. The topological polar surface area (TPSA) is 61.8 Å². The maximum atomic E-state index is 9.97. The molecule has 0 saturated heterocycles. The highest BCUT2D eigenvalue weighted by molar-refractivity contribution is 5.73. The number of nitrogens with zero attached hydrogens (tertiary/aromatic N) is 2. The Kier molecular flexibility index (Phi) is 2.71. The minimum absolute atomic E-state index is 0.0142. The molecule has 0 spiro atoms. The minimum Gasteiger partial charge on any atom is -0.492 e. The molecule has 0 saturated carbocycles. The number of aromatic hydroxyl groups is 1. The highest BCUT2D eigenvalue weighted by Crippen LogP contribution is 2.33. The van der Waals surface area contributed by atoms with E-state index in [1.807, 2.05) is 50.2 Å². The molecule has 0 amide bonds. The van der Waals surface area contributed by atoms with Crippen LogP contribution in [0.4, 0.5) is 0 Å². The van der Waals surface area contributed by atoms with Gasteiger partial charge in [-0.2, -0.15) is 4.98 Å². The van der Waals surface area contributed by atoms with Gasteiger partial charge < -0.3 is 10.1 Å². The molecule has 0 fully saturated rings. The lowest BCUT2D eigenvalue weighted by atomic mass is 10.1. The molecule has 1 aromatic carbocycles. The van der Waals surface area contributed by atoms with Crippen LogP contribution in [-0.2, 0) is 0 Å². The molecule has 3 rings (SSSR count). The fourth-order valence-electron chi connectivity index (χ4n) is 2.05. The predicted molar refractivity (Wildman–Crippen MR) is 74.2 cm³/mol. The molecular formula is C15H15N3O. The van der Waals surface area contributed by atoms with Crippen molar-refractivity contribution in [1.29, 1.82) is 0 Å². The first-order valence-electron chi connectivity index (χ1n) is 6.30. The van der Waals surface area contributed by atoms with Crippen LogP contribution >= 0.6 is 0 Å². The quantitative estimate of drug-likeness (QED) is 0.735. The van der Waals surface area contributed by atoms with Crippen LogP contribution in [0.15, 0.2) is 36.4 Å². The number of fused-ring (bicyclic) bond motifs is 1. The van der Waals surface area contributed by atoms with Crippen LogP contribution in [0.2, 0.25) is 0 Å². The zero-order valence-corrected chi connectivity index (χ0v) is 10.9. The smallest absolute Gasteiger partial charge is 0.241 e. The summed E-state index contributed by atoms with van der Waals surface area (Å²) < 4.78 is 0. The summed E-state index contributed by atoms with van der Waals surface area (Å²) in [6, 6.07) is 11.8. The number of rotatable bonds is 2. The SMILES string of the molecule is CC(C)c1nc(O)c2nc(-c3ccccc3)cc-2[nH]1. The summed E-state index contributed by atoms with van der Waals surface area (Å²) in [7, 11) is 0. The molecule has 2 aliphatic rings. The van der Waals surface area contributed by atoms with E-state index in [1.165, 1.54) is 0 Å². The summed E-state index contributed by atoms with van der Waals surface area (Å²) in [5, 5.41) is 9.97. The number of hydrogen-bond acceptors (Lipinski definition) is 3. The maximum Gasteiger partial charge on any atom is 0.241 e. The van der Waals surface area contributed by atoms with Crippen molar-refractivity contribution < 1.29 is 5.11 Å². The first kappa shape index (κ1) is 11.7. The molecule has 4 heteroatoms. The number of aromatic nitrogens is 3. The normalized spacial score (nSPS) is 11.3. The highest BCUT2D eigenvalue weighted by Gasteiger charge is 2.18. The second-order valence-electron chi connectivity index (χ2n) is 4.87. The van der Waals surface area contributed by atoms with Gasteiger partial charge in [0.05, 0.1) is 11.4 Å². The Balaban J connectivity index is 2.16. The van der Waals surface area contributed by atoms with Gasteiger partial charge >= 0.3 is 0 Å². The fourth-order valence-corrected chi connectivity index (χ4v) is 2.05. The van der Waals surface area contributed by atoms with E-state index in [-0.39, 0.29) is 11.8 Å². The Labute approximate surface area is 111 Å². The average molecular weight is 253 g/mol. The molecular weight excluding hydrogens is 238 g/mol. The van der Waals surface area contributed by atoms with Crippen molar-refractivity contribution in [2.75, 3.05) is 0 Å². The van der Waals surface area contributed by atoms with Gasteiger partial charge in [0.1, 0.15) is 11.5 Å². The van der Waals surface area contributed by atoms with Gasteiger partial charge in [-0.15, -0.1) is 0 Å². The van der Waals surface area contributed by atoms with Crippen LogP contribution < -0.4 is 0 Å². The maximum absolute atomic E-state index is 9.97. The molecule has 96 valence electrons. The predicted octanol–water partition coefficient (Wildman–Crippen LogP) is 3.41. The van der Waals surface area contributed by atoms with Crippen LogP contribution in [0.5, 0.6) is 5.88 Å². The van der Waals surface area contributed by atoms with E-state index in [0.29, 0.717) is 5.69 Å². The number of hydrogen-bond donors (Lipinski definition) is 2. The lowest BCUT2D eigenvalue weighted by molar-refractivity contribution is 0.447. The van der Waals surface area contributed by atoms with Crippen molar-refractivity contribution in [3.05, 3.63) is 42.2 Å². The third-order valence-electron chi connectivity index (χ3n) is 3.09. The molecule has 0 radical (unpaired) electrons. The summed E-state index contributed by atoms with van der Waals surface area (Å²) in [6.45, 7) is 4.05. The van der Waals surface area contributed by atoms with Crippen molar-refractivity contribution in [2.45, 2.75) is 19.8 Å². The molecule has 4 nitrogen and oxygen atoms in total. The van der Waals surface area contributed by atoms with Gasteiger partial charge in [0.2, 0.25) is 5.88 Å². The van der Waals surface area contributed by atoms with Crippen molar-refractivity contribution in [3.8, 4) is 28.5 Å². The minimum atomic E-state index is -0.0142. The van der Waals surface area contributed by atoms with Gasteiger partial charge in [0.15, 0.2) is 0 Å². The monoisotopic (exact) mass is 253 g/mol. The molecule has 19 heavy (non-hydrogen) atoms. The Hall–Kier alpha value is -2.36. The van der Waals surface area contributed by atoms with Gasteiger partial charge in [-0.05, 0) is 6.07 Å². The Bertz CT molecular complexity index is 673. The molecule has 2 N–H and O–H groups in total. The van der Waals surface area contributed by atoms with Gasteiger partial charge in [0, 0.05) is 11.5 Å². The zero-order valence-electron chi connectivity index (χ0n) is 10.9.